The van der Waals surface area contributed by atoms with Gasteiger partial charge in [0.15, 0.2) is 0 Å². The van der Waals surface area contributed by atoms with E-state index in [-0.39, 0.29) is 19.6 Å². The van der Waals surface area contributed by atoms with Crippen molar-refractivity contribution in [2.45, 2.75) is 19.6 Å². The van der Waals surface area contributed by atoms with Crippen LogP contribution in [0.25, 0.3) is 0 Å². The first-order chi connectivity index (χ1) is 19.6. The van der Waals surface area contributed by atoms with Gasteiger partial charge in [-0.05, 0) is 47.5 Å². The highest BCUT2D eigenvalue weighted by Crippen LogP contribution is 2.18. The van der Waals surface area contributed by atoms with Crippen molar-refractivity contribution in [2.75, 3.05) is 13.7 Å². The number of nitrogens with zero attached hydrogens (tertiary/aromatic N) is 2. The molecule has 0 unspecified atom stereocenters. The van der Waals surface area contributed by atoms with Crippen LogP contribution < -0.4 is 9.47 Å². The molecule has 204 valence electrons. The van der Waals surface area contributed by atoms with Crippen LogP contribution in [0.5, 0.6) is 11.5 Å². The summed E-state index contributed by atoms with van der Waals surface area (Å²) in [7, 11) is 1.51. The minimum atomic E-state index is -0.989. The number of aliphatic carboxylic acids is 1. The van der Waals surface area contributed by atoms with Gasteiger partial charge in [0.2, 0.25) is 0 Å². The second-order valence-electron chi connectivity index (χ2n) is 8.70. The molecule has 0 aliphatic rings. The molecule has 0 aliphatic heterocycles. The Morgan fingerprint density at radius 3 is 1.88 bits per heavy atom. The van der Waals surface area contributed by atoms with Gasteiger partial charge in [-0.1, -0.05) is 83.1 Å². The van der Waals surface area contributed by atoms with Crippen molar-refractivity contribution < 1.29 is 29.0 Å². The van der Waals surface area contributed by atoms with Crippen molar-refractivity contribution in [3.05, 3.63) is 131 Å². The molecular weight excluding hydrogens is 508 g/mol. The van der Waals surface area contributed by atoms with E-state index in [2.05, 4.69) is 10.3 Å². The van der Waals surface area contributed by atoms with Crippen LogP contribution in [0, 0.1) is 0 Å². The van der Waals surface area contributed by atoms with Crippen molar-refractivity contribution in [1.29, 1.82) is 0 Å². The normalized spacial score (nSPS) is 11.5. The van der Waals surface area contributed by atoms with Gasteiger partial charge in [-0.25, -0.2) is 0 Å². The highest BCUT2D eigenvalue weighted by Gasteiger charge is 2.11. The van der Waals surface area contributed by atoms with Crippen LogP contribution in [-0.4, -0.2) is 36.2 Å². The monoisotopic (exact) mass is 538 g/mol. The minimum absolute atomic E-state index is 0.254. The number of benzene rings is 4. The minimum Gasteiger partial charge on any atom is -0.489 e. The molecule has 4 aromatic rings. The second-order valence-corrected chi connectivity index (χ2v) is 8.70. The van der Waals surface area contributed by atoms with E-state index in [4.69, 9.17) is 19.1 Å². The maximum absolute atomic E-state index is 11.4. The molecule has 1 N–H and O–H groups in total. The molecule has 8 nitrogen and oxygen atoms in total. The summed E-state index contributed by atoms with van der Waals surface area (Å²) in [5.74, 6) is 0.358. The smallest absolute Gasteiger partial charge is 0.309 e. The van der Waals surface area contributed by atoms with E-state index < -0.39 is 5.97 Å². The zero-order chi connectivity index (χ0) is 28.0. The van der Waals surface area contributed by atoms with Crippen LogP contribution in [0.3, 0.4) is 0 Å². The fourth-order valence-corrected chi connectivity index (χ4v) is 3.74. The Kier molecular flexibility index (Phi) is 10.3. The molecule has 0 aliphatic carbocycles. The average molecular weight is 539 g/mol. The lowest BCUT2D eigenvalue weighted by atomic mass is 10.1. The third kappa shape index (κ3) is 8.73. The Morgan fingerprint density at radius 1 is 0.650 bits per heavy atom. The highest BCUT2D eigenvalue weighted by molar-refractivity contribution is 6.08. The van der Waals surface area contributed by atoms with Gasteiger partial charge in [0, 0.05) is 11.1 Å². The Hall–Kier alpha value is -5.11. The summed E-state index contributed by atoms with van der Waals surface area (Å²) in [6, 6.07) is 34.0. The van der Waals surface area contributed by atoms with Crippen LogP contribution in [0.15, 0.2) is 120 Å². The first-order valence-corrected chi connectivity index (χ1v) is 12.7. The predicted molar refractivity (Wildman–Crippen MR) is 153 cm³/mol. The third-order valence-corrected chi connectivity index (χ3v) is 5.77. The molecule has 40 heavy (non-hydrogen) atoms. The third-order valence-electron chi connectivity index (χ3n) is 5.77. The predicted octanol–water partition coefficient (Wildman–Crippen LogP) is 6.09. The molecule has 0 saturated carbocycles. The summed E-state index contributed by atoms with van der Waals surface area (Å²) in [6.45, 7) is 0.880. The van der Waals surface area contributed by atoms with Crippen molar-refractivity contribution >= 4 is 17.4 Å². The maximum Gasteiger partial charge on any atom is 0.309 e. The Morgan fingerprint density at radius 2 is 1.23 bits per heavy atom. The molecule has 4 aromatic carbocycles. The van der Waals surface area contributed by atoms with Crippen molar-refractivity contribution in [3.8, 4) is 11.5 Å². The number of carbonyl (C=O) groups is 1. The first kappa shape index (κ1) is 27.9. The zero-order valence-corrected chi connectivity index (χ0v) is 22.1. The van der Waals surface area contributed by atoms with Gasteiger partial charge in [0.05, 0.1) is 12.1 Å². The average Bonchev–Trinajstić information content (AvgIpc) is 2.99. The number of hydrogen-bond acceptors (Lipinski definition) is 7. The molecule has 4 rings (SSSR count). The summed E-state index contributed by atoms with van der Waals surface area (Å²) in [4.78, 5) is 21.7. The van der Waals surface area contributed by atoms with Crippen LogP contribution in [0.4, 0.5) is 0 Å². The molecule has 0 fully saturated rings. The quantitative estimate of drug-likeness (QED) is 0.154. The van der Waals surface area contributed by atoms with Crippen molar-refractivity contribution in [3.63, 3.8) is 0 Å². The summed E-state index contributed by atoms with van der Waals surface area (Å²) < 4.78 is 11.8. The number of ether oxygens (including phenoxy) is 2. The van der Waals surface area contributed by atoms with E-state index in [0.29, 0.717) is 35.1 Å². The van der Waals surface area contributed by atoms with Gasteiger partial charge >= 0.3 is 5.97 Å². The summed E-state index contributed by atoms with van der Waals surface area (Å²) in [5.41, 5.74) is 4.52. The van der Waals surface area contributed by atoms with Gasteiger partial charge < -0.3 is 24.3 Å². The lowest BCUT2D eigenvalue weighted by Crippen LogP contribution is -2.13. The molecular formula is C32H30N2O6. The van der Waals surface area contributed by atoms with Gasteiger partial charge in [-0.2, -0.15) is 0 Å². The molecule has 0 atom stereocenters. The van der Waals surface area contributed by atoms with Crippen LogP contribution in [0.1, 0.15) is 28.7 Å². The Bertz CT molecular complexity index is 1400. The fourth-order valence-electron chi connectivity index (χ4n) is 3.74. The Labute approximate surface area is 233 Å². The van der Waals surface area contributed by atoms with E-state index in [1.165, 1.54) is 7.11 Å². The first-order valence-electron chi connectivity index (χ1n) is 12.7. The molecule has 8 heteroatoms. The molecule has 0 amide bonds. The van der Waals surface area contributed by atoms with Gasteiger partial charge in [-0.3, -0.25) is 4.79 Å². The standard InChI is InChI=1S/C32H30N2O6/c1-37-33-31(26-10-6-3-7-11-26)23-39-28-16-12-25(13-17-28)21-38-29-18-14-27(15-19-29)30(20-32(35)36)34-40-22-24-8-4-2-5-9-24/h2-19H,20-23H2,1H3,(H,35,36)/b33-31+,34-30?. The largest absolute Gasteiger partial charge is 0.489 e. The van der Waals surface area contributed by atoms with Crippen LogP contribution in [-0.2, 0) is 27.7 Å². The summed E-state index contributed by atoms with van der Waals surface area (Å²) in [5, 5.41) is 17.5. The van der Waals surface area contributed by atoms with E-state index >= 15 is 0 Å². The van der Waals surface area contributed by atoms with Crippen molar-refractivity contribution in [1.82, 2.24) is 0 Å². The van der Waals surface area contributed by atoms with E-state index in [0.717, 1.165) is 16.7 Å². The van der Waals surface area contributed by atoms with Crippen LogP contribution in [0.2, 0.25) is 0 Å². The number of carboxylic acids is 1. The SMILES string of the molecule is CO/N=C(\COc1ccc(COc2ccc(C(CC(=O)O)=NOCc3ccccc3)cc2)cc1)c1ccccc1. The topological polar surface area (TPSA) is 98.9 Å². The number of carboxylic acid groups (broad SMARTS) is 1. The lowest BCUT2D eigenvalue weighted by Gasteiger charge is -2.11. The van der Waals surface area contributed by atoms with E-state index in [9.17, 15) is 9.90 Å². The molecule has 0 spiro atoms. The molecule has 0 aromatic heterocycles. The molecule has 0 radical (unpaired) electrons. The highest BCUT2D eigenvalue weighted by atomic mass is 16.6. The molecule has 0 saturated heterocycles. The van der Waals surface area contributed by atoms with Gasteiger partial charge in [0.25, 0.3) is 0 Å². The number of oxime groups is 2. The van der Waals surface area contributed by atoms with E-state index in [1.54, 1.807) is 24.3 Å². The maximum atomic E-state index is 11.4. The number of hydrogen-bond donors (Lipinski definition) is 1. The van der Waals surface area contributed by atoms with Gasteiger partial charge in [-0.15, -0.1) is 0 Å². The zero-order valence-electron chi connectivity index (χ0n) is 22.1. The second kappa shape index (κ2) is 14.7. The Balaban J connectivity index is 1.30. The van der Waals surface area contributed by atoms with Crippen LogP contribution >= 0.6 is 0 Å². The van der Waals surface area contributed by atoms with Gasteiger partial charge in [0.1, 0.15) is 44.1 Å². The number of rotatable bonds is 14. The van der Waals surface area contributed by atoms with E-state index in [1.807, 2.05) is 84.9 Å². The summed E-state index contributed by atoms with van der Waals surface area (Å²) in [6.07, 6.45) is -0.256. The lowest BCUT2D eigenvalue weighted by molar-refractivity contribution is -0.135. The summed E-state index contributed by atoms with van der Waals surface area (Å²) >= 11 is 0. The molecule has 0 bridgehead atoms. The van der Waals surface area contributed by atoms with Crippen molar-refractivity contribution in [2.24, 2.45) is 10.3 Å². The molecule has 0 heterocycles. The fraction of sp³-hybridized carbons (Fsp3) is 0.156.